The second-order valence-electron chi connectivity index (χ2n) is 7.25. The number of pyridine rings is 1. The lowest BCUT2D eigenvalue weighted by Crippen LogP contribution is -2.39. The topological polar surface area (TPSA) is 81.7 Å². The van der Waals surface area contributed by atoms with Gasteiger partial charge in [0.2, 0.25) is 0 Å². The summed E-state index contributed by atoms with van der Waals surface area (Å²) in [6.07, 6.45) is 9.96. The molecule has 0 unspecified atom stereocenters. The van der Waals surface area contributed by atoms with E-state index in [-0.39, 0.29) is 11.8 Å². The van der Waals surface area contributed by atoms with E-state index in [4.69, 9.17) is 0 Å². The molecule has 1 fully saturated rings. The van der Waals surface area contributed by atoms with Gasteiger partial charge >= 0.3 is 0 Å². The van der Waals surface area contributed by atoms with Crippen molar-refractivity contribution in [3.8, 4) is 0 Å². The Kier molecular flexibility index (Phi) is 5.18. The fourth-order valence-corrected chi connectivity index (χ4v) is 3.77. The largest absolute Gasteiger partial charge is 0.338 e. The summed E-state index contributed by atoms with van der Waals surface area (Å²) in [6.45, 7) is 4.12. The van der Waals surface area contributed by atoms with Gasteiger partial charge in [-0.05, 0) is 31.4 Å². The first-order valence-electron chi connectivity index (χ1n) is 9.73. The van der Waals surface area contributed by atoms with Crippen molar-refractivity contribution in [1.82, 2.24) is 34.2 Å². The Morgan fingerprint density at radius 1 is 1.29 bits per heavy atom. The number of amides is 1. The number of aromatic nitrogens is 6. The molecule has 4 heterocycles. The lowest BCUT2D eigenvalue weighted by Gasteiger charge is -2.32. The van der Waals surface area contributed by atoms with Gasteiger partial charge in [-0.25, -0.2) is 4.98 Å². The Morgan fingerprint density at radius 2 is 2.18 bits per heavy atom. The van der Waals surface area contributed by atoms with E-state index >= 15 is 0 Å². The van der Waals surface area contributed by atoms with Crippen LogP contribution < -0.4 is 0 Å². The maximum Gasteiger partial charge on any atom is 0.253 e. The van der Waals surface area contributed by atoms with Crippen LogP contribution in [0.4, 0.5) is 0 Å². The highest BCUT2D eigenvalue weighted by molar-refractivity contribution is 5.94. The molecule has 4 rings (SSSR count). The van der Waals surface area contributed by atoms with Crippen LogP contribution in [-0.4, -0.2) is 53.2 Å². The van der Waals surface area contributed by atoms with Crippen molar-refractivity contribution < 1.29 is 4.79 Å². The van der Waals surface area contributed by atoms with E-state index in [0.29, 0.717) is 18.7 Å². The second-order valence-corrected chi connectivity index (χ2v) is 7.25. The van der Waals surface area contributed by atoms with E-state index in [1.165, 1.54) is 0 Å². The first kappa shape index (κ1) is 18.3. The predicted molar refractivity (Wildman–Crippen MR) is 104 cm³/mol. The highest BCUT2D eigenvalue weighted by Crippen LogP contribution is 2.27. The van der Waals surface area contributed by atoms with Crippen LogP contribution in [-0.2, 0) is 20.0 Å². The molecule has 1 aliphatic rings. The predicted octanol–water partition coefficient (Wildman–Crippen LogP) is 2.04. The van der Waals surface area contributed by atoms with E-state index in [0.717, 1.165) is 43.1 Å². The first-order valence-corrected chi connectivity index (χ1v) is 9.73. The number of piperidine rings is 1. The molecule has 28 heavy (non-hydrogen) atoms. The Balaban J connectivity index is 1.49. The number of likely N-dealkylation sites (tertiary alicyclic amines) is 1. The minimum absolute atomic E-state index is 0.0719. The van der Waals surface area contributed by atoms with E-state index in [9.17, 15) is 4.79 Å². The molecule has 3 aromatic rings. The van der Waals surface area contributed by atoms with Crippen molar-refractivity contribution in [1.29, 1.82) is 0 Å². The number of carbonyl (C=O) groups excluding carboxylic acids is 1. The summed E-state index contributed by atoms with van der Waals surface area (Å²) in [5.41, 5.74) is 1.66. The number of rotatable bonds is 5. The van der Waals surface area contributed by atoms with Crippen molar-refractivity contribution in [2.75, 3.05) is 13.1 Å². The van der Waals surface area contributed by atoms with Crippen LogP contribution >= 0.6 is 0 Å². The maximum atomic E-state index is 13.0. The van der Waals surface area contributed by atoms with E-state index < -0.39 is 0 Å². The summed E-state index contributed by atoms with van der Waals surface area (Å²) in [7, 11) is 2.00. The highest BCUT2D eigenvalue weighted by Gasteiger charge is 2.29. The van der Waals surface area contributed by atoms with Crippen molar-refractivity contribution in [2.24, 2.45) is 7.05 Å². The molecule has 1 saturated heterocycles. The highest BCUT2D eigenvalue weighted by atomic mass is 16.2. The zero-order valence-corrected chi connectivity index (χ0v) is 16.3. The number of nitrogens with zero attached hydrogens (tertiary/aromatic N) is 7. The van der Waals surface area contributed by atoms with E-state index in [1.54, 1.807) is 24.8 Å². The van der Waals surface area contributed by atoms with E-state index in [1.807, 2.05) is 35.7 Å². The molecule has 0 radical (unpaired) electrons. The Labute approximate surface area is 164 Å². The maximum absolute atomic E-state index is 13.0. The molecule has 8 nitrogen and oxygen atoms in total. The SMILES string of the molecule is CCc1cc(C(=O)N2CCC[C@@H](c3nnc(Cn4ccnc4)n3C)C2)ccn1. The zero-order valence-electron chi connectivity index (χ0n) is 16.3. The normalized spacial score (nSPS) is 17.1. The average molecular weight is 379 g/mol. The molecule has 1 atom stereocenters. The number of imidazole rings is 1. The summed E-state index contributed by atoms with van der Waals surface area (Å²) >= 11 is 0. The molecule has 146 valence electrons. The summed E-state index contributed by atoms with van der Waals surface area (Å²) in [6, 6.07) is 3.70. The molecule has 0 aliphatic carbocycles. The van der Waals surface area contributed by atoms with Crippen LogP contribution in [0.2, 0.25) is 0 Å². The number of carbonyl (C=O) groups is 1. The van der Waals surface area contributed by atoms with Crippen molar-refractivity contribution in [3.05, 3.63) is 60.0 Å². The lowest BCUT2D eigenvalue weighted by atomic mass is 9.96. The quantitative estimate of drug-likeness (QED) is 0.678. The summed E-state index contributed by atoms with van der Waals surface area (Å²) < 4.78 is 4.03. The van der Waals surface area contributed by atoms with Gasteiger partial charge in [0.05, 0.1) is 12.9 Å². The molecule has 8 heteroatoms. The van der Waals surface area contributed by atoms with Crippen LogP contribution in [0, 0.1) is 0 Å². The Morgan fingerprint density at radius 3 is 2.96 bits per heavy atom. The van der Waals surface area contributed by atoms with Gasteiger partial charge in [0.25, 0.3) is 5.91 Å². The molecule has 1 aliphatic heterocycles. The van der Waals surface area contributed by atoms with Gasteiger partial charge in [-0.1, -0.05) is 6.92 Å². The number of hydrogen-bond donors (Lipinski definition) is 0. The number of hydrogen-bond acceptors (Lipinski definition) is 5. The molecule has 0 aromatic carbocycles. The third-order valence-electron chi connectivity index (χ3n) is 5.38. The van der Waals surface area contributed by atoms with Crippen LogP contribution in [0.25, 0.3) is 0 Å². The third kappa shape index (κ3) is 3.67. The third-order valence-corrected chi connectivity index (χ3v) is 5.38. The van der Waals surface area contributed by atoms with Crippen molar-refractivity contribution >= 4 is 5.91 Å². The standard InChI is InChI=1S/C20H25N7O/c1-3-17-11-15(6-7-22-17)20(28)27-9-4-5-16(12-27)19-24-23-18(25(19)2)13-26-10-8-21-14-26/h6-8,10-11,14,16H,3-5,9,12-13H2,1-2H3/t16-/m1/s1. The van der Waals surface area contributed by atoms with Crippen LogP contribution in [0.5, 0.6) is 0 Å². The summed E-state index contributed by atoms with van der Waals surface area (Å²) in [4.78, 5) is 23.3. The van der Waals surface area contributed by atoms with Gasteiger partial charge in [0.1, 0.15) is 5.82 Å². The molecule has 3 aromatic heterocycles. The van der Waals surface area contributed by atoms with Gasteiger partial charge in [-0.3, -0.25) is 9.78 Å². The van der Waals surface area contributed by atoms with E-state index in [2.05, 4.69) is 24.7 Å². The van der Waals surface area contributed by atoms with Gasteiger partial charge in [-0.15, -0.1) is 10.2 Å². The molecule has 1 amide bonds. The van der Waals surface area contributed by atoms with Gasteiger partial charge in [0, 0.05) is 55.9 Å². The number of aryl methyl sites for hydroxylation is 1. The molecule has 0 N–H and O–H groups in total. The van der Waals surface area contributed by atoms with Crippen LogP contribution in [0.1, 0.15) is 53.4 Å². The van der Waals surface area contributed by atoms with Crippen LogP contribution in [0.3, 0.4) is 0 Å². The van der Waals surface area contributed by atoms with Crippen molar-refractivity contribution in [2.45, 2.75) is 38.6 Å². The van der Waals surface area contributed by atoms with Gasteiger partial charge < -0.3 is 14.0 Å². The Bertz CT molecular complexity index is 947. The summed E-state index contributed by atoms with van der Waals surface area (Å²) in [5, 5.41) is 8.81. The smallest absolute Gasteiger partial charge is 0.253 e. The van der Waals surface area contributed by atoms with Crippen LogP contribution in [0.15, 0.2) is 37.1 Å². The first-order chi connectivity index (χ1) is 13.7. The van der Waals surface area contributed by atoms with Crippen molar-refractivity contribution in [3.63, 3.8) is 0 Å². The molecular formula is C20H25N7O. The zero-order chi connectivity index (χ0) is 19.5. The minimum atomic E-state index is 0.0719. The molecule has 0 bridgehead atoms. The molecule has 0 spiro atoms. The fourth-order valence-electron chi connectivity index (χ4n) is 3.77. The second kappa shape index (κ2) is 7.92. The summed E-state index contributed by atoms with van der Waals surface area (Å²) in [5.74, 6) is 2.09. The molecular weight excluding hydrogens is 354 g/mol. The molecule has 0 saturated carbocycles. The lowest BCUT2D eigenvalue weighted by molar-refractivity contribution is 0.0703. The fraction of sp³-hybridized carbons (Fsp3) is 0.450. The Hall–Kier alpha value is -3.03. The van der Waals surface area contributed by atoms with Gasteiger partial charge in [0.15, 0.2) is 5.82 Å². The van der Waals surface area contributed by atoms with Gasteiger partial charge in [-0.2, -0.15) is 0 Å². The monoisotopic (exact) mass is 379 g/mol. The average Bonchev–Trinajstić information content (AvgIpc) is 3.38. The minimum Gasteiger partial charge on any atom is -0.338 e.